The second-order valence-corrected chi connectivity index (χ2v) is 8.00. The maximum atomic E-state index is 12.5. The first-order valence-corrected chi connectivity index (χ1v) is 10.4. The summed E-state index contributed by atoms with van der Waals surface area (Å²) < 4.78 is 5.68. The van der Waals surface area contributed by atoms with Crippen LogP contribution in [-0.2, 0) is 9.59 Å². The second-order valence-electron chi connectivity index (χ2n) is 8.00. The SMILES string of the molecule is CN(C)c1n[nH]c(C2CCN(C(=O)COc3ccc(N4CCCC4=O)cc3)CC2)n1. The van der Waals surface area contributed by atoms with Crippen LogP contribution in [0.25, 0.3) is 0 Å². The van der Waals surface area contributed by atoms with E-state index in [0.717, 1.165) is 37.3 Å². The molecular formula is C21H28N6O3. The van der Waals surface area contributed by atoms with Crippen molar-refractivity contribution in [3.8, 4) is 5.75 Å². The fraction of sp³-hybridized carbons (Fsp3) is 0.524. The quantitative estimate of drug-likeness (QED) is 0.777. The topological polar surface area (TPSA) is 94.7 Å². The summed E-state index contributed by atoms with van der Waals surface area (Å²) in [6.45, 7) is 2.14. The molecular weight excluding hydrogens is 384 g/mol. The van der Waals surface area contributed by atoms with Gasteiger partial charge in [0.05, 0.1) is 0 Å². The lowest BCUT2D eigenvalue weighted by molar-refractivity contribution is -0.134. The van der Waals surface area contributed by atoms with Gasteiger partial charge in [-0.2, -0.15) is 4.98 Å². The molecule has 0 atom stereocenters. The number of anilines is 2. The first-order chi connectivity index (χ1) is 14.5. The van der Waals surface area contributed by atoms with Crippen LogP contribution in [0.3, 0.4) is 0 Å². The molecule has 1 aromatic carbocycles. The Morgan fingerprint density at radius 2 is 1.93 bits per heavy atom. The van der Waals surface area contributed by atoms with E-state index in [-0.39, 0.29) is 24.3 Å². The van der Waals surface area contributed by atoms with Crippen molar-refractivity contribution in [3.63, 3.8) is 0 Å². The maximum Gasteiger partial charge on any atom is 0.260 e. The van der Waals surface area contributed by atoms with Gasteiger partial charge < -0.3 is 19.4 Å². The minimum Gasteiger partial charge on any atom is -0.484 e. The van der Waals surface area contributed by atoms with Gasteiger partial charge in [0.1, 0.15) is 11.6 Å². The normalized spacial score (nSPS) is 17.5. The molecule has 0 spiro atoms. The number of amides is 2. The molecule has 2 aromatic rings. The van der Waals surface area contributed by atoms with E-state index in [1.807, 2.05) is 48.2 Å². The number of H-pyrrole nitrogens is 1. The van der Waals surface area contributed by atoms with Gasteiger partial charge in [0.25, 0.3) is 5.91 Å². The smallest absolute Gasteiger partial charge is 0.260 e. The molecule has 9 heteroatoms. The molecule has 2 aliphatic heterocycles. The molecule has 1 aromatic heterocycles. The number of hydrogen-bond donors (Lipinski definition) is 1. The highest BCUT2D eigenvalue weighted by Gasteiger charge is 2.26. The number of benzene rings is 1. The van der Waals surface area contributed by atoms with Gasteiger partial charge in [-0.15, -0.1) is 5.10 Å². The predicted molar refractivity (Wildman–Crippen MR) is 113 cm³/mol. The molecule has 2 aliphatic rings. The minimum absolute atomic E-state index is 0.0136. The zero-order valence-corrected chi connectivity index (χ0v) is 17.5. The first kappa shape index (κ1) is 20.2. The summed E-state index contributed by atoms with van der Waals surface area (Å²) in [5.41, 5.74) is 0.878. The standard InChI is InChI=1S/C21H28N6O3/c1-25(2)21-22-20(23-24-21)15-9-12-26(13-10-15)19(29)14-30-17-7-5-16(6-8-17)27-11-3-4-18(27)28/h5-8,15H,3-4,9-14H2,1-2H3,(H,22,23,24). The van der Waals surface area contributed by atoms with Crippen molar-refractivity contribution in [1.82, 2.24) is 20.1 Å². The molecule has 2 amide bonds. The lowest BCUT2D eigenvalue weighted by Gasteiger charge is -2.31. The van der Waals surface area contributed by atoms with Gasteiger partial charge in [0.15, 0.2) is 6.61 Å². The summed E-state index contributed by atoms with van der Waals surface area (Å²) in [5, 5.41) is 7.23. The average molecular weight is 412 g/mol. The van der Waals surface area contributed by atoms with E-state index in [2.05, 4.69) is 15.2 Å². The summed E-state index contributed by atoms with van der Waals surface area (Å²) in [7, 11) is 3.82. The summed E-state index contributed by atoms with van der Waals surface area (Å²) in [5.74, 6) is 2.63. The number of nitrogens with one attached hydrogen (secondary N) is 1. The summed E-state index contributed by atoms with van der Waals surface area (Å²) in [4.78, 5) is 34.4. The zero-order valence-electron chi connectivity index (χ0n) is 17.5. The third-order valence-corrected chi connectivity index (χ3v) is 5.71. The van der Waals surface area contributed by atoms with Gasteiger partial charge in [-0.05, 0) is 43.5 Å². The van der Waals surface area contributed by atoms with Crippen molar-refractivity contribution in [2.24, 2.45) is 0 Å². The summed E-state index contributed by atoms with van der Waals surface area (Å²) >= 11 is 0. The number of hydrogen-bond acceptors (Lipinski definition) is 6. The number of carbonyl (C=O) groups is 2. The predicted octanol–water partition coefficient (Wildman–Crippen LogP) is 1.78. The molecule has 0 unspecified atom stereocenters. The maximum absolute atomic E-state index is 12.5. The van der Waals surface area contributed by atoms with Crippen LogP contribution >= 0.6 is 0 Å². The van der Waals surface area contributed by atoms with Gasteiger partial charge in [-0.1, -0.05) is 0 Å². The molecule has 1 N–H and O–H groups in total. The van der Waals surface area contributed by atoms with Crippen molar-refractivity contribution in [2.45, 2.75) is 31.6 Å². The summed E-state index contributed by atoms with van der Waals surface area (Å²) in [6, 6.07) is 7.36. The molecule has 4 rings (SSSR count). The van der Waals surface area contributed by atoms with E-state index in [4.69, 9.17) is 4.74 Å². The number of nitrogens with zero attached hydrogens (tertiary/aromatic N) is 5. The molecule has 2 saturated heterocycles. The molecule has 0 radical (unpaired) electrons. The Balaban J connectivity index is 1.24. The van der Waals surface area contributed by atoms with Gasteiger partial charge in [-0.25, -0.2) is 0 Å². The van der Waals surface area contributed by atoms with Gasteiger partial charge in [0, 0.05) is 51.8 Å². The highest BCUT2D eigenvalue weighted by molar-refractivity contribution is 5.95. The molecule has 30 heavy (non-hydrogen) atoms. The van der Waals surface area contributed by atoms with Crippen LogP contribution in [0.4, 0.5) is 11.6 Å². The van der Waals surface area contributed by atoms with Crippen molar-refractivity contribution in [2.75, 3.05) is 50.1 Å². The fourth-order valence-electron chi connectivity index (χ4n) is 3.93. The summed E-state index contributed by atoms with van der Waals surface area (Å²) in [6.07, 6.45) is 3.21. The lowest BCUT2D eigenvalue weighted by atomic mass is 9.96. The zero-order chi connectivity index (χ0) is 21.1. The van der Waals surface area contributed by atoms with Crippen LogP contribution in [0.2, 0.25) is 0 Å². The highest BCUT2D eigenvalue weighted by atomic mass is 16.5. The Bertz CT molecular complexity index is 886. The van der Waals surface area contributed by atoms with E-state index in [1.165, 1.54) is 0 Å². The average Bonchev–Trinajstić information content (AvgIpc) is 3.42. The van der Waals surface area contributed by atoms with E-state index in [1.54, 1.807) is 4.90 Å². The number of aromatic amines is 1. The molecule has 2 fully saturated rings. The van der Waals surface area contributed by atoms with E-state index in [9.17, 15) is 9.59 Å². The lowest BCUT2D eigenvalue weighted by Crippen LogP contribution is -2.40. The van der Waals surface area contributed by atoms with E-state index in [0.29, 0.717) is 31.2 Å². The van der Waals surface area contributed by atoms with Crippen LogP contribution < -0.4 is 14.5 Å². The highest BCUT2D eigenvalue weighted by Crippen LogP contribution is 2.27. The molecule has 160 valence electrons. The van der Waals surface area contributed by atoms with Crippen molar-refractivity contribution in [3.05, 3.63) is 30.1 Å². The van der Waals surface area contributed by atoms with Crippen LogP contribution in [0, 0.1) is 0 Å². The molecule has 0 saturated carbocycles. The Labute approximate surface area is 176 Å². The Morgan fingerprint density at radius 3 is 2.53 bits per heavy atom. The van der Waals surface area contributed by atoms with Gasteiger partial charge >= 0.3 is 0 Å². The number of rotatable bonds is 6. The molecule has 0 aliphatic carbocycles. The minimum atomic E-state index is -0.0150. The number of likely N-dealkylation sites (tertiary alicyclic amines) is 1. The van der Waals surface area contributed by atoms with Gasteiger partial charge in [-0.3, -0.25) is 14.7 Å². The second kappa shape index (κ2) is 8.73. The van der Waals surface area contributed by atoms with Crippen LogP contribution in [0.5, 0.6) is 5.75 Å². The van der Waals surface area contributed by atoms with Crippen LogP contribution in [0.1, 0.15) is 37.4 Å². The van der Waals surface area contributed by atoms with Crippen LogP contribution in [-0.4, -0.2) is 72.2 Å². The van der Waals surface area contributed by atoms with Gasteiger partial charge in [0.2, 0.25) is 11.9 Å². The van der Waals surface area contributed by atoms with Crippen molar-refractivity contribution in [1.29, 1.82) is 0 Å². The molecule has 3 heterocycles. The molecule has 9 nitrogen and oxygen atoms in total. The largest absolute Gasteiger partial charge is 0.484 e. The van der Waals surface area contributed by atoms with Crippen molar-refractivity contribution < 1.29 is 14.3 Å². The third-order valence-electron chi connectivity index (χ3n) is 5.71. The molecule has 0 bridgehead atoms. The van der Waals surface area contributed by atoms with Crippen LogP contribution in [0.15, 0.2) is 24.3 Å². The van der Waals surface area contributed by atoms with Crippen molar-refractivity contribution >= 4 is 23.5 Å². The number of ether oxygens (including phenoxy) is 1. The Morgan fingerprint density at radius 1 is 1.20 bits per heavy atom. The first-order valence-electron chi connectivity index (χ1n) is 10.4. The van der Waals surface area contributed by atoms with E-state index >= 15 is 0 Å². The third kappa shape index (κ3) is 4.39. The number of aromatic nitrogens is 3. The Hall–Kier alpha value is -3.10. The van der Waals surface area contributed by atoms with E-state index < -0.39 is 0 Å². The fourth-order valence-corrected chi connectivity index (χ4v) is 3.93. The Kier molecular flexibility index (Phi) is 5.87. The monoisotopic (exact) mass is 412 g/mol. The number of carbonyl (C=O) groups excluding carboxylic acids is 2. The number of piperidine rings is 1.